The molecule has 5 nitrogen and oxygen atoms in total. The van der Waals surface area contributed by atoms with Crippen LogP contribution >= 0.6 is 11.3 Å². The predicted molar refractivity (Wildman–Crippen MR) is 75.6 cm³/mol. The fourth-order valence-electron chi connectivity index (χ4n) is 1.46. The summed E-state index contributed by atoms with van der Waals surface area (Å²) in [6, 6.07) is 3.61. The van der Waals surface area contributed by atoms with Crippen LogP contribution in [0.2, 0.25) is 0 Å². The Balaban J connectivity index is 2.36. The van der Waals surface area contributed by atoms with Gasteiger partial charge in [-0.05, 0) is 19.1 Å². The standard InChI is InChI=1S/C14H12N2O3S/c1-3-9-19-12-11(14(17)18-4-2)20-13(16-12)10-5-7-15-8-6-10/h1,5-8H,4,9H2,2H3. The Bertz CT molecular complexity index is 632. The van der Waals surface area contributed by atoms with E-state index in [0.717, 1.165) is 5.56 Å². The van der Waals surface area contributed by atoms with Crippen LogP contribution in [0.25, 0.3) is 10.6 Å². The van der Waals surface area contributed by atoms with Crippen LogP contribution in [0.5, 0.6) is 5.88 Å². The van der Waals surface area contributed by atoms with Crippen molar-refractivity contribution in [3.8, 4) is 28.8 Å². The summed E-state index contributed by atoms with van der Waals surface area (Å²) in [5.74, 6) is 2.09. The molecule has 0 amide bonds. The molecule has 0 aromatic carbocycles. The second-order valence-corrected chi connectivity index (χ2v) is 4.60. The Kier molecular flexibility index (Phi) is 4.69. The second-order valence-electron chi connectivity index (χ2n) is 3.60. The fourth-order valence-corrected chi connectivity index (χ4v) is 2.37. The van der Waals surface area contributed by atoms with Gasteiger partial charge < -0.3 is 9.47 Å². The third-order valence-corrected chi connectivity index (χ3v) is 3.34. The van der Waals surface area contributed by atoms with Gasteiger partial charge in [0, 0.05) is 18.0 Å². The van der Waals surface area contributed by atoms with Gasteiger partial charge in [-0.1, -0.05) is 5.92 Å². The normalized spacial score (nSPS) is 9.80. The largest absolute Gasteiger partial charge is 0.463 e. The van der Waals surface area contributed by atoms with Crippen LogP contribution in [-0.4, -0.2) is 29.2 Å². The van der Waals surface area contributed by atoms with E-state index in [1.165, 1.54) is 11.3 Å². The van der Waals surface area contributed by atoms with E-state index in [2.05, 4.69) is 15.9 Å². The minimum Gasteiger partial charge on any atom is -0.463 e. The number of rotatable bonds is 5. The van der Waals surface area contributed by atoms with Gasteiger partial charge in [-0.3, -0.25) is 4.98 Å². The summed E-state index contributed by atoms with van der Waals surface area (Å²) < 4.78 is 10.3. The number of carbonyl (C=O) groups excluding carboxylic acids is 1. The highest BCUT2D eigenvalue weighted by molar-refractivity contribution is 7.17. The van der Waals surface area contributed by atoms with Gasteiger partial charge in [0.2, 0.25) is 5.88 Å². The maximum absolute atomic E-state index is 11.9. The lowest BCUT2D eigenvalue weighted by Crippen LogP contribution is -2.05. The van der Waals surface area contributed by atoms with Gasteiger partial charge in [0.1, 0.15) is 5.01 Å². The molecule has 0 N–H and O–H groups in total. The average molecular weight is 288 g/mol. The van der Waals surface area contributed by atoms with Crippen LogP contribution in [0.1, 0.15) is 16.6 Å². The summed E-state index contributed by atoms with van der Waals surface area (Å²) in [7, 11) is 0. The summed E-state index contributed by atoms with van der Waals surface area (Å²) in [6.45, 7) is 2.08. The summed E-state index contributed by atoms with van der Waals surface area (Å²) in [5, 5.41) is 0.655. The van der Waals surface area contributed by atoms with Gasteiger partial charge in [-0.25, -0.2) is 9.78 Å². The van der Waals surface area contributed by atoms with Crippen molar-refractivity contribution in [3.63, 3.8) is 0 Å². The molecule has 6 heteroatoms. The highest BCUT2D eigenvalue weighted by Crippen LogP contribution is 2.32. The third kappa shape index (κ3) is 3.13. The van der Waals surface area contributed by atoms with E-state index < -0.39 is 5.97 Å². The van der Waals surface area contributed by atoms with E-state index in [-0.39, 0.29) is 19.1 Å². The van der Waals surface area contributed by atoms with Gasteiger partial charge in [0.25, 0.3) is 0 Å². The average Bonchev–Trinajstić information content (AvgIpc) is 2.90. The molecule has 2 aromatic heterocycles. The third-order valence-electron chi connectivity index (χ3n) is 2.28. The van der Waals surface area contributed by atoms with Crippen molar-refractivity contribution < 1.29 is 14.3 Å². The first-order valence-electron chi connectivity index (χ1n) is 5.90. The molecular weight excluding hydrogens is 276 g/mol. The van der Waals surface area contributed by atoms with E-state index in [0.29, 0.717) is 9.88 Å². The lowest BCUT2D eigenvalue weighted by atomic mass is 10.3. The number of pyridine rings is 1. The van der Waals surface area contributed by atoms with Crippen molar-refractivity contribution in [1.82, 2.24) is 9.97 Å². The van der Waals surface area contributed by atoms with Crippen LogP contribution in [0, 0.1) is 12.3 Å². The van der Waals surface area contributed by atoms with Crippen LogP contribution < -0.4 is 4.74 Å². The summed E-state index contributed by atoms with van der Waals surface area (Å²) >= 11 is 1.20. The minimum absolute atomic E-state index is 0.0475. The zero-order valence-electron chi connectivity index (χ0n) is 10.8. The van der Waals surface area contributed by atoms with Crippen molar-refractivity contribution in [3.05, 3.63) is 29.4 Å². The molecule has 2 aromatic rings. The number of esters is 1. The predicted octanol–water partition coefficient (Wildman–Crippen LogP) is 2.39. The van der Waals surface area contributed by atoms with Crippen LogP contribution in [-0.2, 0) is 4.74 Å². The van der Waals surface area contributed by atoms with E-state index in [1.807, 2.05) is 0 Å². The van der Waals surface area contributed by atoms with Gasteiger partial charge in [0.05, 0.1) is 6.61 Å². The van der Waals surface area contributed by atoms with E-state index >= 15 is 0 Å². The van der Waals surface area contributed by atoms with Crippen molar-refractivity contribution in [2.24, 2.45) is 0 Å². The lowest BCUT2D eigenvalue weighted by Gasteiger charge is -2.01. The van der Waals surface area contributed by atoms with Crippen molar-refractivity contribution >= 4 is 17.3 Å². The van der Waals surface area contributed by atoms with E-state index in [4.69, 9.17) is 15.9 Å². The Morgan fingerprint density at radius 2 is 2.20 bits per heavy atom. The summed E-state index contributed by atoms with van der Waals surface area (Å²) in [6.07, 6.45) is 8.47. The van der Waals surface area contributed by atoms with E-state index in [1.54, 1.807) is 31.5 Å². The number of aromatic nitrogens is 2. The molecule has 0 bridgehead atoms. The Morgan fingerprint density at radius 1 is 1.45 bits per heavy atom. The first kappa shape index (κ1) is 14.0. The molecule has 0 saturated carbocycles. The quantitative estimate of drug-likeness (QED) is 0.624. The monoisotopic (exact) mass is 288 g/mol. The molecule has 0 spiro atoms. The second kappa shape index (κ2) is 6.68. The van der Waals surface area contributed by atoms with Crippen LogP contribution in [0.15, 0.2) is 24.5 Å². The summed E-state index contributed by atoms with van der Waals surface area (Å²) in [5.41, 5.74) is 0.853. The molecule has 2 heterocycles. The van der Waals surface area contributed by atoms with Crippen molar-refractivity contribution in [2.75, 3.05) is 13.2 Å². The lowest BCUT2D eigenvalue weighted by molar-refractivity contribution is 0.0528. The number of thiazole rings is 1. The van der Waals surface area contributed by atoms with Crippen LogP contribution in [0.4, 0.5) is 0 Å². The summed E-state index contributed by atoms with van der Waals surface area (Å²) in [4.78, 5) is 20.4. The number of ether oxygens (including phenoxy) is 2. The minimum atomic E-state index is -0.461. The first-order valence-corrected chi connectivity index (χ1v) is 6.72. The van der Waals surface area contributed by atoms with Gasteiger partial charge in [0.15, 0.2) is 11.5 Å². The maximum atomic E-state index is 11.9. The molecule has 0 fully saturated rings. The maximum Gasteiger partial charge on any atom is 0.354 e. The number of nitrogens with zero attached hydrogens (tertiary/aromatic N) is 2. The Morgan fingerprint density at radius 3 is 2.85 bits per heavy atom. The van der Waals surface area contributed by atoms with Gasteiger partial charge in [-0.15, -0.1) is 17.8 Å². The van der Waals surface area contributed by atoms with Crippen LogP contribution in [0.3, 0.4) is 0 Å². The first-order chi connectivity index (χ1) is 9.76. The Labute approximate surface area is 120 Å². The van der Waals surface area contributed by atoms with Crippen molar-refractivity contribution in [2.45, 2.75) is 6.92 Å². The molecule has 0 aliphatic heterocycles. The number of carbonyl (C=O) groups is 1. The molecule has 0 unspecified atom stereocenters. The zero-order chi connectivity index (χ0) is 14.4. The fraction of sp³-hybridized carbons (Fsp3) is 0.214. The highest BCUT2D eigenvalue weighted by atomic mass is 32.1. The molecule has 102 valence electrons. The molecule has 0 saturated heterocycles. The zero-order valence-corrected chi connectivity index (χ0v) is 11.6. The molecule has 0 aliphatic carbocycles. The highest BCUT2D eigenvalue weighted by Gasteiger charge is 2.21. The van der Waals surface area contributed by atoms with E-state index in [9.17, 15) is 4.79 Å². The Hall–Kier alpha value is -2.39. The smallest absolute Gasteiger partial charge is 0.354 e. The molecule has 0 radical (unpaired) electrons. The number of terminal acetylenes is 1. The topological polar surface area (TPSA) is 61.3 Å². The number of hydrogen-bond acceptors (Lipinski definition) is 6. The molecule has 2 rings (SSSR count). The number of hydrogen-bond donors (Lipinski definition) is 0. The molecular formula is C14H12N2O3S. The molecule has 0 aliphatic rings. The molecule has 20 heavy (non-hydrogen) atoms. The van der Waals surface area contributed by atoms with Gasteiger partial charge >= 0.3 is 5.97 Å². The van der Waals surface area contributed by atoms with Crippen molar-refractivity contribution in [1.29, 1.82) is 0 Å². The SMILES string of the molecule is C#CCOc1nc(-c2ccncc2)sc1C(=O)OCC. The molecule has 0 atom stereocenters. The van der Waals surface area contributed by atoms with Gasteiger partial charge in [-0.2, -0.15) is 0 Å².